The van der Waals surface area contributed by atoms with Gasteiger partial charge in [0.1, 0.15) is 0 Å². The minimum absolute atomic E-state index is 0.188. The first-order valence-corrected chi connectivity index (χ1v) is 2.62. The van der Waals surface area contributed by atoms with Gasteiger partial charge in [-0.05, 0) is 0 Å². The average molecular weight is 150 g/mol. The Balaban J connectivity index is 2.72. The monoisotopic (exact) mass is 150 g/mol. The van der Waals surface area contributed by atoms with E-state index in [4.69, 9.17) is 0 Å². The summed E-state index contributed by atoms with van der Waals surface area (Å²) in [6, 6.07) is 0. The molecule has 0 amide bonds. The molecule has 0 radical (unpaired) electrons. The second kappa shape index (κ2) is 2.32. The van der Waals surface area contributed by atoms with Crippen molar-refractivity contribution in [2.24, 2.45) is 4.99 Å². The molecule has 1 aliphatic heterocycles. The standard InChI is InChI=1S/C5H5F3N2/c6-5(7,8)4-1-9-3-10-2-4/h1,3H,2H2,(H,9,10). The van der Waals surface area contributed by atoms with Crippen molar-refractivity contribution in [3.05, 3.63) is 11.8 Å². The summed E-state index contributed by atoms with van der Waals surface area (Å²) in [7, 11) is 0. The van der Waals surface area contributed by atoms with Crippen LogP contribution in [0, 0.1) is 0 Å². The fourth-order valence-corrected chi connectivity index (χ4v) is 0.555. The Morgan fingerprint density at radius 1 is 1.50 bits per heavy atom. The maximum atomic E-state index is 11.8. The molecule has 1 heterocycles. The molecule has 56 valence electrons. The van der Waals surface area contributed by atoms with Crippen LogP contribution in [0.5, 0.6) is 0 Å². The molecule has 0 spiro atoms. The van der Waals surface area contributed by atoms with Gasteiger partial charge >= 0.3 is 6.18 Å². The highest BCUT2D eigenvalue weighted by molar-refractivity contribution is 5.57. The highest BCUT2D eigenvalue weighted by Gasteiger charge is 2.33. The van der Waals surface area contributed by atoms with Crippen LogP contribution in [0.25, 0.3) is 0 Å². The molecule has 5 heteroatoms. The molecule has 0 saturated heterocycles. The van der Waals surface area contributed by atoms with E-state index in [9.17, 15) is 13.2 Å². The zero-order valence-electron chi connectivity index (χ0n) is 4.94. The molecule has 0 fully saturated rings. The Kier molecular flexibility index (Phi) is 1.65. The molecule has 1 N–H and O–H groups in total. The summed E-state index contributed by atoms with van der Waals surface area (Å²) in [5, 5.41) is 2.36. The van der Waals surface area contributed by atoms with Gasteiger partial charge in [-0.15, -0.1) is 0 Å². The van der Waals surface area contributed by atoms with Crippen molar-refractivity contribution in [2.75, 3.05) is 6.54 Å². The molecule has 1 aliphatic rings. The lowest BCUT2D eigenvalue weighted by molar-refractivity contribution is -0.0928. The Hall–Kier alpha value is -1.00. The molecular formula is C5H5F3N2. The van der Waals surface area contributed by atoms with Gasteiger partial charge in [-0.1, -0.05) is 0 Å². The molecule has 0 aromatic rings. The lowest BCUT2D eigenvalue weighted by Crippen LogP contribution is -2.26. The van der Waals surface area contributed by atoms with E-state index in [2.05, 4.69) is 10.3 Å². The van der Waals surface area contributed by atoms with Crippen LogP contribution in [0.15, 0.2) is 16.8 Å². The SMILES string of the molecule is FC(F)(F)C1=CN=CNC1. The summed E-state index contributed by atoms with van der Waals surface area (Å²) in [6.07, 6.45) is -2.20. The fraction of sp³-hybridized carbons (Fsp3) is 0.400. The summed E-state index contributed by atoms with van der Waals surface area (Å²) in [6.45, 7) is -0.188. The molecule has 10 heavy (non-hydrogen) atoms. The Morgan fingerprint density at radius 3 is 2.50 bits per heavy atom. The number of hydrogen-bond acceptors (Lipinski definition) is 2. The average Bonchev–Trinajstić information content (AvgIpc) is 1.88. The normalized spacial score (nSPS) is 18.1. The summed E-state index contributed by atoms with van der Waals surface area (Å²) in [5.41, 5.74) is -0.644. The smallest absolute Gasteiger partial charge is 0.372 e. The quantitative estimate of drug-likeness (QED) is 0.548. The van der Waals surface area contributed by atoms with Crippen LogP contribution < -0.4 is 5.32 Å². The largest absolute Gasteiger partial charge is 0.415 e. The van der Waals surface area contributed by atoms with Gasteiger partial charge in [-0.3, -0.25) is 0 Å². The molecule has 0 aliphatic carbocycles. The zero-order valence-corrected chi connectivity index (χ0v) is 4.94. The highest BCUT2D eigenvalue weighted by atomic mass is 19.4. The number of nitrogens with zero attached hydrogens (tertiary/aromatic N) is 1. The summed E-state index contributed by atoms with van der Waals surface area (Å²) >= 11 is 0. The summed E-state index contributed by atoms with van der Waals surface area (Å²) < 4.78 is 35.3. The predicted molar refractivity (Wildman–Crippen MR) is 30.6 cm³/mol. The van der Waals surface area contributed by atoms with E-state index in [0.29, 0.717) is 0 Å². The minimum atomic E-state index is -4.25. The van der Waals surface area contributed by atoms with Crippen molar-refractivity contribution in [3.8, 4) is 0 Å². The van der Waals surface area contributed by atoms with E-state index < -0.39 is 11.7 Å². The summed E-state index contributed by atoms with van der Waals surface area (Å²) in [4.78, 5) is 3.31. The van der Waals surface area contributed by atoms with Gasteiger partial charge in [-0.25, -0.2) is 4.99 Å². The topological polar surface area (TPSA) is 24.4 Å². The predicted octanol–water partition coefficient (Wildman–Crippen LogP) is 1.06. The van der Waals surface area contributed by atoms with Gasteiger partial charge in [0.05, 0.1) is 11.9 Å². The molecule has 0 aromatic carbocycles. The molecule has 1 rings (SSSR count). The highest BCUT2D eigenvalue weighted by Crippen LogP contribution is 2.25. The second-order valence-corrected chi connectivity index (χ2v) is 1.81. The van der Waals surface area contributed by atoms with Gasteiger partial charge in [0.25, 0.3) is 0 Å². The lowest BCUT2D eigenvalue weighted by atomic mass is 10.2. The third-order valence-electron chi connectivity index (χ3n) is 1.05. The lowest BCUT2D eigenvalue weighted by Gasteiger charge is -2.12. The number of halogens is 3. The van der Waals surface area contributed by atoms with Crippen LogP contribution in [0.3, 0.4) is 0 Å². The number of rotatable bonds is 0. The van der Waals surface area contributed by atoms with E-state index in [1.807, 2.05) is 0 Å². The second-order valence-electron chi connectivity index (χ2n) is 1.81. The van der Waals surface area contributed by atoms with Crippen LogP contribution in [0.2, 0.25) is 0 Å². The first kappa shape index (κ1) is 7.11. The third kappa shape index (κ3) is 1.49. The van der Waals surface area contributed by atoms with Crippen molar-refractivity contribution >= 4 is 6.34 Å². The van der Waals surface area contributed by atoms with Gasteiger partial charge in [0, 0.05) is 12.7 Å². The number of nitrogens with one attached hydrogen (secondary N) is 1. The molecular weight excluding hydrogens is 145 g/mol. The van der Waals surface area contributed by atoms with Crippen LogP contribution in [0.4, 0.5) is 13.2 Å². The number of alkyl halides is 3. The maximum Gasteiger partial charge on any atom is 0.415 e. The van der Waals surface area contributed by atoms with Gasteiger partial charge in [0.15, 0.2) is 0 Å². The fourth-order valence-electron chi connectivity index (χ4n) is 0.555. The first-order chi connectivity index (χ1) is 4.61. The van der Waals surface area contributed by atoms with E-state index in [1.54, 1.807) is 0 Å². The number of aliphatic imine (C=N–C) groups is 1. The molecule has 0 atom stereocenters. The molecule has 0 saturated carbocycles. The number of hydrogen-bond donors (Lipinski definition) is 1. The van der Waals surface area contributed by atoms with Crippen molar-refractivity contribution in [2.45, 2.75) is 6.18 Å². The van der Waals surface area contributed by atoms with E-state index >= 15 is 0 Å². The van der Waals surface area contributed by atoms with E-state index in [-0.39, 0.29) is 6.54 Å². The van der Waals surface area contributed by atoms with Gasteiger partial charge in [0.2, 0.25) is 0 Å². The molecule has 0 aromatic heterocycles. The van der Waals surface area contributed by atoms with Gasteiger partial charge in [-0.2, -0.15) is 13.2 Å². The van der Waals surface area contributed by atoms with Crippen LogP contribution >= 0.6 is 0 Å². The Morgan fingerprint density at radius 2 is 2.20 bits per heavy atom. The first-order valence-electron chi connectivity index (χ1n) is 2.62. The Labute approximate surface area is 55.4 Å². The van der Waals surface area contributed by atoms with Crippen LogP contribution in [-0.2, 0) is 0 Å². The third-order valence-corrected chi connectivity index (χ3v) is 1.05. The Bertz CT molecular complexity index is 180. The van der Waals surface area contributed by atoms with Crippen molar-refractivity contribution in [1.29, 1.82) is 0 Å². The molecule has 2 nitrogen and oxygen atoms in total. The van der Waals surface area contributed by atoms with Crippen molar-refractivity contribution in [1.82, 2.24) is 5.32 Å². The minimum Gasteiger partial charge on any atom is -0.372 e. The molecule has 0 bridgehead atoms. The van der Waals surface area contributed by atoms with Crippen LogP contribution in [0.1, 0.15) is 0 Å². The van der Waals surface area contributed by atoms with E-state index in [1.165, 1.54) is 6.34 Å². The van der Waals surface area contributed by atoms with E-state index in [0.717, 1.165) is 6.20 Å². The zero-order chi connectivity index (χ0) is 7.61. The molecule has 0 unspecified atom stereocenters. The maximum absolute atomic E-state index is 11.8. The van der Waals surface area contributed by atoms with Crippen molar-refractivity contribution in [3.63, 3.8) is 0 Å². The summed E-state index contributed by atoms with van der Waals surface area (Å²) in [5.74, 6) is 0. The van der Waals surface area contributed by atoms with Crippen molar-refractivity contribution < 1.29 is 13.2 Å². The van der Waals surface area contributed by atoms with Crippen LogP contribution in [-0.4, -0.2) is 19.1 Å². The van der Waals surface area contributed by atoms with Gasteiger partial charge < -0.3 is 5.32 Å².